The summed E-state index contributed by atoms with van der Waals surface area (Å²) < 4.78 is 23.0. The minimum absolute atomic E-state index is 0.0946. The Morgan fingerprint density at radius 1 is 1.10 bits per heavy atom. The fraction of sp³-hybridized carbons (Fsp3) is 0.419. The van der Waals surface area contributed by atoms with Gasteiger partial charge in [0.15, 0.2) is 0 Å². The second-order valence-corrected chi connectivity index (χ2v) is 9.73. The van der Waals surface area contributed by atoms with Crippen molar-refractivity contribution in [2.75, 3.05) is 40.0 Å². The molecule has 1 saturated heterocycles. The Hall–Kier alpha value is -3.62. The molecule has 1 unspecified atom stereocenters. The number of pyridine rings is 1. The number of aryl methyl sites for hydroxylation is 1. The number of carbonyl (C=O) groups excluding carboxylic acids is 1. The number of hydrogen-bond acceptors (Lipinski definition) is 8. The fourth-order valence-electron chi connectivity index (χ4n) is 5.08. The predicted octanol–water partition coefficient (Wildman–Crippen LogP) is 6.26. The lowest BCUT2D eigenvalue weighted by molar-refractivity contribution is 0.0238. The molecule has 1 aliphatic heterocycles. The monoisotopic (exact) mass is 534 g/mol. The van der Waals surface area contributed by atoms with Gasteiger partial charge in [0.2, 0.25) is 0 Å². The molecule has 0 saturated carbocycles. The number of aromatic nitrogens is 1. The van der Waals surface area contributed by atoms with Gasteiger partial charge >= 0.3 is 5.97 Å². The van der Waals surface area contributed by atoms with Crippen LogP contribution in [-0.4, -0.2) is 61.0 Å². The van der Waals surface area contributed by atoms with Gasteiger partial charge in [-0.3, -0.25) is 9.88 Å². The van der Waals surface area contributed by atoms with Crippen LogP contribution in [0.2, 0.25) is 0 Å². The highest BCUT2D eigenvalue weighted by atomic mass is 16.5. The average Bonchev–Trinajstić information content (AvgIpc) is 3.32. The molecule has 5 rings (SSSR count). The van der Waals surface area contributed by atoms with Crippen LogP contribution in [0.3, 0.4) is 0 Å². The van der Waals surface area contributed by atoms with Gasteiger partial charge < -0.3 is 23.7 Å². The summed E-state index contributed by atoms with van der Waals surface area (Å²) in [6.07, 6.45) is 3.47. The minimum atomic E-state index is -0.515. The second-order valence-electron chi connectivity index (χ2n) is 9.73. The van der Waals surface area contributed by atoms with Crippen molar-refractivity contribution in [3.63, 3.8) is 0 Å². The first kappa shape index (κ1) is 28.4. The van der Waals surface area contributed by atoms with E-state index in [1.54, 1.807) is 19.3 Å². The van der Waals surface area contributed by atoms with E-state index in [9.17, 15) is 9.90 Å². The zero-order chi connectivity index (χ0) is 28.1. The third-order valence-electron chi connectivity index (χ3n) is 6.78. The molecule has 0 bridgehead atoms. The molecule has 8 nitrogen and oxygen atoms in total. The predicted molar refractivity (Wildman–Crippen MR) is 152 cm³/mol. The molecule has 3 heterocycles. The van der Waals surface area contributed by atoms with Gasteiger partial charge in [-0.2, -0.15) is 0 Å². The van der Waals surface area contributed by atoms with Crippen molar-refractivity contribution in [3.8, 4) is 11.5 Å². The van der Waals surface area contributed by atoms with E-state index in [-0.39, 0.29) is 11.8 Å². The highest BCUT2D eigenvalue weighted by molar-refractivity contribution is 6.17. The Balaban J connectivity index is 0.00000172. The molecule has 2 aromatic carbocycles. The van der Waals surface area contributed by atoms with E-state index < -0.39 is 5.97 Å². The SMILES string of the molecule is CC.COC(=O)c1c(C)oc2c1c(C(c1ccncc1)N1CCOCC1)c(O)c1ccc(OCC(C)C)cc12. The summed E-state index contributed by atoms with van der Waals surface area (Å²) in [5, 5.41) is 13.7. The molecule has 2 aromatic heterocycles. The number of furan rings is 1. The molecular formula is C31H38N2O6. The van der Waals surface area contributed by atoms with Crippen molar-refractivity contribution < 1.29 is 28.5 Å². The topological polar surface area (TPSA) is 94.3 Å². The zero-order valence-electron chi connectivity index (χ0n) is 23.6. The lowest BCUT2D eigenvalue weighted by Gasteiger charge is -2.36. The van der Waals surface area contributed by atoms with Gasteiger partial charge in [0.1, 0.15) is 28.4 Å². The van der Waals surface area contributed by atoms with Crippen LogP contribution in [0.15, 0.2) is 47.1 Å². The Morgan fingerprint density at radius 3 is 2.44 bits per heavy atom. The summed E-state index contributed by atoms with van der Waals surface area (Å²) >= 11 is 0. The Morgan fingerprint density at radius 2 is 1.79 bits per heavy atom. The maximum atomic E-state index is 13.1. The van der Waals surface area contributed by atoms with Crippen LogP contribution >= 0.6 is 0 Å². The van der Waals surface area contributed by atoms with Gasteiger partial charge in [-0.1, -0.05) is 27.7 Å². The first-order valence-electron chi connectivity index (χ1n) is 13.5. The molecule has 8 heteroatoms. The third kappa shape index (κ3) is 5.58. The normalized spacial score (nSPS) is 14.7. The molecule has 208 valence electrons. The molecular weight excluding hydrogens is 496 g/mol. The highest BCUT2D eigenvalue weighted by Crippen LogP contribution is 2.48. The average molecular weight is 535 g/mol. The number of benzene rings is 2. The van der Waals surface area contributed by atoms with E-state index in [1.165, 1.54) is 7.11 Å². The Bertz CT molecular complexity index is 1420. The molecule has 1 atom stereocenters. The first-order chi connectivity index (χ1) is 18.9. The van der Waals surface area contributed by atoms with Crippen LogP contribution in [0.4, 0.5) is 0 Å². The summed E-state index contributed by atoms with van der Waals surface area (Å²) in [7, 11) is 1.35. The number of rotatable bonds is 7. The molecule has 0 amide bonds. The minimum Gasteiger partial charge on any atom is -0.507 e. The number of carbonyl (C=O) groups is 1. The molecule has 0 spiro atoms. The quantitative estimate of drug-likeness (QED) is 0.278. The van der Waals surface area contributed by atoms with Crippen LogP contribution in [0.5, 0.6) is 11.5 Å². The maximum absolute atomic E-state index is 13.1. The number of phenolic OH excluding ortho intramolecular Hbond substituents is 1. The van der Waals surface area contributed by atoms with Crippen molar-refractivity contribution in [1.29, 1.82) is 0 Å². The number of hydrogen-bond donors (Lipinski definition) is 1. The van der Waals surface area contributed by atoms with Gasteiger partial charge in [-0.15, -0.1) is 0 Å². The number of nitrogens with zero attached hydrogens (tertiary/aromatic N) is 2. The van der Waals surface area contributed by atoms with E-state index in [0.29, 0.717) is 83.2 Å². The number of aromatic hydroxyl groups is 1. The fourth-order valence-corrected chi connectivity index (χ4v) is 5.08. The molecule has 1 fully saturated rings. The van der Waals surface area contributed by atoms with E-state index in [1.807, 2.05) is 44.2 Å². The van der Waals surface area contributed by atoms with Crippen LogP contribution in [0.1, 0.15) is 61.0 Å². The number of phenols is 1. The van der Waals surface area contributed by atoms with Crippen LogP contribution in [0, 0.1) is 12.8 Å². The molecule has 1 N–H and O–H groups in total. The van der Waals surface area contributed by atoms with Crippen molar-refractivity contribution in [3.05, 3.63) is 65.2 Å². The summed E-state index contributed by atoms with van der Waals surface area (Å²) in [5.74, 6) is 1.04. The van der Waals surface area contributed by atoms with E-state index in [0.717, 1.165) is 5.56 Å². The van der Waals surface area contributed by atoms with Gasteiger partial charge in [0.25, 0.3) is 0 Å². The maximum Gasteiger partial charge on any atom is 0.342 e. The van der Waals surface area contributed by atoms with E-state index in [4.69, 9.17) is 18.6 Å². The molecule has 4 aromatic rings. The standard InChI is InChI=1S/C29H32N2O6.C2H6/c1-17(2)16-36-20-5-6-21-22(15-20)28-24(23(18(3)37-28)29(33)34-4)25(27(21)32)26(19-7-9-30-10-8-19)31-11-13-35-14-12-31;1-2/h5-10,15,17,26,32H,11-14,16H2,1-4H3;1-2H3. The zero-order valence-corrected chi connectivity index (χ0v) is 23.6. The third-order valence-corrected chi connectivity index (χ3v) is 6.78. The number of esters is 1. The largest absolute Gasteiger partial charge is 0.507 e. The summed E-state index contributed by atoms with van der Waals surface area (Å²) in [6, 6.07) is 9.07. The van der Waals surface area contributed by atoms with Gasteiger partial charge in [-0.25, -0.2) is 4.79 Å². The highest BCUT2D eigenvalue weighted by Gasteiger charge is 2.34. The molecule has 0 radical (unpaired) electrons. The number of ether oxygens (including phenoxy) is 3. The molecule has 1 aliphatic rings. The first-order valence-corrected chi connectivity index (χ1v) is 13.5. The Kier molecular flexibility index (Phi) is 9.09. The van der Waals surface area contributed by atoms with Crippen LogP contribution < -0.4 is 4.74 Å². The Labute approximate surface area is 229 Å². The van der Waals surface area contributed by atoms with Gasteiger partial charge in [0, 0.05) is 47.2 Å². The lowest BCUT2D eigenvalue weighted by atomic mass is 9.89. The van der Waals surface area contributed by atoms with Gasteiger partial charge in [-0.05, 0) is 48.7 Å². The number of methoxy groups -OCH3 is 1. The summed E-state index contributed by atoms with van der Waals surface area (Å²) in [6.45, 7) is 12.9. The second kappa shape index (κ2) is 12.5. The number of morpholine rings is 1. The van der Waals surface area contributed by atoms with Crippen molar-refractivity contribution >= 4 is 27.7 Å². The molecule has 39 heavy (non-hydrogen) atoms. The summed E-state index contributed by atoms with van der Waals surface area (Å²) in [4.78, 5) is 19.5. The van der Waals surface area contributed by atoms with Crippen LogP contribution in [-0.2, 0) is 9.47 Å². The van der Waals surface area contributed by atoms with Crippen molar-refractivity contribution in [2.24, 2.45) is 5.92 Å². The number of fused-ring (bicyclic) bond motifs is 3. The van der Waals surface area contributed by atoms with Gasteiger partial charge in [0.05, 0.1) is 33.0 Å². The lowest BCUT2D eigenvalue weighted by Crippen LogP contribution is -2.39. The molecule has 0 aliphatic carbocycles. The van der Waals surface area contributed by atoms with E-state index >= 15 is 0 Å². The summed E-state index contributed by atoms with van der Waals surface area (Å²) in [5.41, 5.74) is 2.37. The van der Waals surface area contributed by atoms with Crippen molar-refractivity contribution in [2.45, 2.75) is 40.7 Å². The van der Waals surface area contributed by atoms with Crippen LogP contribution in [0.25, 0.3) is 21.7 Å². The van der Waals surface area contributed by atoms with Crippen molar-refractivity contribution in [1.82, 2.24) is 9.88 Å². The van der Waals surface area contributed by atoms with E-state index in [2.05, 4.69) is 23.7 Å². The smallest absolute Gasteiger partial charge is 0.342 e.